The second-order valence-corrected chi connectivity index (χ2v) is 5.82. The van der Waals surface area contributed by atoms with Crippen LogP contribution < -0.4 is 10.6 Å². The van der Waals surface area contributed by atoms with Gasteiger partial charge in [0.1, 0.15) is 10.8 Å². The number of aryl methyl sites for hydroxylation is 1. The van der Waals surface area contributed by atoms with Crippen LogP contribution in [0.25, 0.3) is 0 Å². The number of nitrogens with zero attached hydrogens (tertiary/aromatic N) is 3. The lowest BCUT2D eigenvalue weighted by molar-refractivity contribution is 0.102. The van der Waals surface area contributed by atoms with E-state index in [1.54, 1.807) is 29.8 Å². The summed E-state index contributed by atoms with van der Waals surface area (Å²) < 4.78 is 0. The molecule has 2 aromatic heterocycles. The van der Waals surface area contributed by atoms with E-state index in [2.05, 4.69) is 26.7 Å². The molecular weight excluding hydrogens is 322 g/mol. The van der Waals surface area contributed by atoms with Gasteiger partial charge in [-0.2, -0.15) is 5.26 Å². The van der Waals surface area contributed by atoms with E-state index in [1.165, 1.54) is 11.3 Å². The number of hydrogen-bond donors (Lipinski definition) is 2. The SMILES string of the molecule is Cc1cccc(NC(=O)c2ncsc2Nc2cccc(C#N)c2)n1. The van der Waals surface area contributed by atoms with Crippen molar-refractivity contribution in [3.05, 3.63) is 64.9 Å². The molecule has 0 saturated heterocycles. The topological polar surface area (TPSA) is 90.7 Å². The first kappa shape index (κ1) is 15.6. The summed E-state index contributed by atoms with van der Waals surface area (Å²) in [6.07, 6.45) is 0. The molecule has 0 aliphatic heterocycles. The van der Waals surface area contributed by atoms with Gasteiger partial charge >= 0.3 is 0 Å². The molecule has 24 heavy (non-hydrogen) atoms. The van der Waals surface area contributed by atoms with E-state index in [0.29, 0.717) is 16.4 Å². The van der Waals surface area contributed by atoms with Gasteiger partial charge in [-0.15, -0.1) is 11.3 Å². The normalized spacial score (nSPS) is 10.0. The fourth-order valence-electron chi connectivity index (χ4n) is 2.08. The Hall–Kier alpha value is -3.24. The molecule has 0 unspecified atom stereocenters. The van der Waals surface area contributed by atoms with Crippen LogP contribution in [0.5, 0.6) is 0 Å². The number of benzene rings is 1. The zero-order chi connectivity index (χ0) is 16.9. The molecule has 7 heteroatoms. The number of nitriles is 1. The highest BCUT2D eigenvalue weighted by Gasteiger charge is 2.16. The van der Waals surface area contributed by atoms with Gasteiger partial charge in [0.05, 0.1) is 17.1 Å². The third-order valence-electron chi connectivity index (χ3n) is 3.16. The number of carbonyl (C=O) groups excluding carboxylic acids is 1. The number of amides is 1. The number of nitrogens with one attached hydrogen (secondary N) is 2. The minimum atomic E-state index is -0.340. The average molecular weight is 335 g/mol. The Bertz CT molecular complexity index is 928. The Morgan fingerprint density at radius 2 is 2.08 bits per heavy atom. The summed E-state index contributed by atoms with van der Waals surface area (Å²) in [6.45, 7) is 1.85. The summed E-state index contributed by atoms with van der Waals surface area (Å²) in [5, 5.41) is 15.4. The van der Waals surface area contributed by atoms with Crippen LogP contribution >= 0.6 is 11.3 Å². The highest BCUT2D eigenvalue weighted by molar-refractivity contribution is 7.14. The third-order valence-corrected chi connectivity index (χ3v) is 3.90. The van der Waals surface area contributed by atoms with Crippen LogP contribution in [0.3, 0.4) is 0 Å². The predicted molar refractivity (Wildman–Crippen MR) is 93.5 cm³/mol. The van der Waals surface area contributed by atoms with Gasteiger partial charge < -0.3 is 10.6 Å². The molecule has 0 atom stereocenters. The lowest BCUT2D eigenvalue weighted by Crippen LogP contribution is -2.15. The van der Waals surface area contributed by atoms with Crippen molar-refractivity contribution in [2.45, 2.75) is 6.92 Å². The molecule has 3 aromatic rings. The molecular formula is C17H13N5OS. The summed E-state index contributed by atoms with van der Waals surface area (Å²) in [5.41, 5.74) is 3.96. The maximum absolute atomic E-state index is 12.4. The number of aromatic nitrogens is 2. The smallest absolute Gasteiger partial charge is 0.278 e. The van der Waals surface area contributed by atoms with Gasteiger partial charge in [-0.25, -0.2) is 9.97 Å². The standard InChI is InChI=1S/C17H13N5OS/c1-11-4-2-7-14(20-11)22-16(23)15-17(24-10-19-15)21-13-6-3-5-12(8-13)9-18/h2-8,10,21H,1H3,(H,20,22,23). The molecule has 6 nitrogen and oxygen atoms in total. The van der Waals surface area contributed by atoms with Gasteiger partial charge in [0.25, 0.3) is 5.91 Å². The molecule has 1 amide bonds. The molecule has 0 saturated carbocycles. The molecule has 2 heterocycles. The molecule has 0 spiro atoms. The van der Waals surface area contributed by atoms with E-state index >= 15 is 0 Å². The minimum absolute atomic E-state index is 0.283. The van der Waals surface area contributed by atoms with Crippen molar-refractivity contribution in [1.29, 1.82) is 5.26 Å². The third kappa shape index (κ3) is 3.56. The highest BCUT2D eigenvalue weighted by Crippen LogP contribution is 2.26. The summed E-state index contributed by atoms with van der Waals surface area (Å²) in [5.74, 6) is 0.138. The van der Waals surface area contributed by atoms with Crippen LogP contribution in [0.4, 0.5) is 16.5 Å². The fraction of sp³-hybridized carbons (Fsp3) is 0.0588. The maximum Gasteiger partial charge on any atom is 0.278 e. The van der Waals surface area contributed by atoms with Crippen molar-refractivity contribution in [3.63, 3.8) is 0 Å². The van der Waals surface area contributed by atoms with Crippen LogP contribution in [0.1, 0.15) is 21.7 Å². The number of rotatable bonds is 4. The largest absolute Gasteiger partial charge is 0.345 e. The van der Waals surface area contributed by atoms with Gasteiger partial charge in [-0.05, 0) is 37.3 Å². The summed E-state index contributed by atoms with van der Waals surface area (Å²) in [4.78, 5) is 20.8. The van der Waals surface area contributed by atoms with Crippen LogP contribution in [0.2, 0.25) is 0 Å². The molecule has 0 fully saturated rings. The summed E-state index contributed by atoms with van der Waals surface area (Å²) in [7, 11) is 0. The Balaban J connectivity index is 1.79. The Morgan fingerprint density at radius 1 is 1.25 bits per heavy atom. The van der Waals surface area contributed by atoms with Crippen LogP contribution in [0.15, 0.2) is 48.0 Å². The molecule has 3 rings (SSSR count). The van der Waals surface area contributed by atoms with E-state index in [4.69, 9.17) is 5.26 Å². The zero-order valence-corrected chi connectivity index (χ0v) is 13.6. The van der Waals surface area contributed by atoms with Crippen LogP contribution in [-0.2, 0) is 0 Å². The summed E-state index contributed by atoms with van der Waals surface area (Å²) in [6, 6.07) is 14.5. The van der Waals surface area contributed by atoms with E-state index in [9.17, 15) is 4.79 Å². The molecule has 0 bridgehead atoms. The van der Waals surface area contributed by atoms with E-state index in [0.717, 1.165) is 11.4 Å². The number of anilines is 3. The van der Waals surface area contributed by atoms with Crippen molar-refractivity contribution in [1.82, 2.24) is 9.97 Å². The molecule has 0 radical (unpaired) electrons. The van der Waals surface area contributed by atoms with Crippen molar-refractivity contribution < 1.29 is 4.79 Å². The molecule has 1 aromatic carbocycles. The molecule has 0 aliphatic rings. The quantitative estimate of drug-likeness (QED) is 0.758. The van der Waals surface area contributed by atoms with E-state index < -0.39 is 0 Å². The Morgan fingerprint density at radius 3 is 2.88 bits per heavy atom. The first-order chi connectivity index (χ1) is 11.7. The van der Waals surface area contributed by atoms with Gasteiger partial charge in [-0.1, -0.05) is 12.1 Å². The van der Waals surface area contributed by atoms with Gasteiger partial charge in [0.2, 0.25) is 0 Å². The first-order valence-corrected chi connectivity index (χ1v) is 7.99. The fourth-order valence-corrected chi connectivity index (χ4v) is 2.78. The second kappa shape index (κ2) is 6.89. The second-order valence-electron chi connectivity index (χ2n) is 4.97. The molecule has 0 aliphatic carbocycles. The van der Waals surface area contributed by atoms with Crippen molar-refractivity contribution >= 4 is 33.8 Å². The Kier molecular flexibility index (Phi) is 4.50. The molecule has 118 valence electrons. The van der Waals surface area contributed by atoms with Crippen molar-refractivity contribution in [2.75, 3.05) is 10.6 Å². The van der Waals surface area contributed by atoms with Gasteiger partial charge in [-0.3, -0.25) is 4.79 Å². The van der Waals surface area contributed by atoms with E-state index in [1.807, 2.05) is 25.1 Å². The number of thiazole rings is 1. The van der Waals surface area contributed by atoms with Crippen LogP contribution in [-0.4, -0.2) is 15.9 Å². The van der Waals surface area contributed by atoms with Gasteiger partial charge in [0, 0.05) is 11.4 Å². The number of hydrogen-bond acceptors (Lipinski definition) is 6. The monoisotopic (exact) mass is 335 g/mol. The van der Waals surface area contributed by atoms with Crippen molar-refractivity contribution in [3.8, 4) is 6.07 Å². The minimum Gasteiger partial charge on any atom is -0.345 e. The maximum atomic E-state index is 12.4. The van der Waals surface area contributed by atoms with Gasteiger partial charge in [0.15, 0.2) is 5.69 Å². The predicted octanol–water partition coefficient (Wildman–Crippen LogP) is 3.71. The van der Waals surface area contributed by atoms with Crippen LogP contribution in [0, 0.1) is 18.3 Å². The lowest BCUT2D eigenvalue weighted by Gasteiger charge is -2.07. The first-order valence-electron chi connectivity index (χ1n) is 7.11. The zero-order valence-electron chi connectivity index (χ0n) is 12.8. The average Bonchev–Trinajstić information content (AvgIpc) is 3.03. The molecule has 2 N–H and O–H groups in total. The summed E-state index contributed by atoms with van der Waals surface area (Å²) >= 11 is 1.31. The Labute approximate surface area is 142 Å². The number of carbonyl (C=O) groups is 1. The highest BCUT2D eigenvalue weighted by atomic mass is 32.1. The lowest BCUT2D eigenvalue weighted by atomic mass is 10.2. The number of pyridine rings is 1. The van der Waals surface area contributed by atoms with E-state index in [-0.39, 0.29) is 11.6 Å². The van der Waals surface area contributed by atoms with Crippen molar-refractivity contribution in [2.24, 2.45) is 0 Å².